The van der Waals surface area contributed by atoms with Crippen molar-refractivity contribution in [2.45, 2.75) is 19.6 Å². The summed E-state index contributed by atoms with van der Waals surface area (Å²) in [7, 11) is 0. The number of hydrogen-bond acceptors (Lipinski definition) is 5. The summed E-state index contributed by atoms with van der Waals surface area (Å²) in [4.78, 5) is 27.2. The van der Waals surface area contributed by atoms with Gasteiger partial charge in [0, 0.05) is 30.6 Å². The van der Waals surface area contributed by atoms with Gasteiger partial charge < -0.3 is 10.2 Å². The van der Waals surface area contributed by atoms with Crippen LogP contribution in [0.4, 0.5) is 0 Å². The molecular formula is C19H17N3O4. The average Bonchev–Trinajstić information content (AvgIpc) is 2.67. The van der Waals surface area contributed by atoms with Crippen molar-refractivity contribution in [2.75, 3.05) is 0 Å². The molecule has 1 aromatic carbocycles. The fourth-order valence-electron chi connectivity index (χ4n) is 2.57. The number of aromatic carboxylic acids is 1. The number of aliphatic hydroxyl groups excluding tert-OH is 1. The Balaban J connectivity index is 1.83. The summed E-state index contributed by atoms with van der Waals surface area (Å²) in [5, 5.41) is 22.6. The van der Waals surface area contributed by atoms with Gasteiger partial charge in [-0.05, 0) is 41.8 Å². The van der Waals surface area contributed by atoms with Gasteiger partial charge in [-0.1, -0.05) is 12.1 Å². The maximum Gasteiger partial charge on any atom is 0.335 e. The monoisotopic (exact) mass is 351 g/mol. The Bertz CT molecular complexity index is 998. The molecule has 2 N–H and O–H groups in total. The van der Waals surface area contributed by atoms with E-state index in [1.54, 1.807) is 36.7 Å². The first-order chi connectivity index (χ1) is 12.6. The van der Waals surface area contributed by atoms with E-state index in [0.717, 1.165) is 5.56 Å². The van der Waals surface area contributed by atoms with Crippen molar-refractivity contribution in [2.24, 2.45) is 0 Å². The molecule has 0 radical (unpaired) electrons. The van der Waals surface area contributed by atoms with Crippen LogP contribution in [0.3, 0.4) is 0 Å². The second-order valence-electron chi connectivity index (χ2n) is 5.78. The third-order valence-corrected chi connectivity index (χ3v) is 3.93. The minimum Gasteiger partial charge on any atom is -0.478 e. The van der Waals surface area contributed by atoms with Gasteiger partial charge in [-0.15, -0.1) is 0 Å². The van der Waals surface area contributed by atoms with Crippen molar-refractivity contribution in [3.05, 3.63) is 81.9 Å². The van der Waals surface area contributed by atoms with Crippen LogP contribution in [0.25, 0.3) is 11.3 Å². The molecule has 0 spiro atoms. The molecule has 3 rings (SSSR count). The molecule has 0 fully saturated rings. The van der Waals surface area contributed by atoms with E-state index in [1.165, 1.54) is 16.8 Å². The van der Waals surface area contributed by atoms with Crippen molar-refractivity contribution in [3.8, 4) is 11.3 Å². The summed E-state index contributed by atoms with van der Waals surface area (Å²) in [6.45, 7) is 0.198. The lowest BCUT2D eigenvalue weighted by Gasteiger charge is -2.08. The lowest BCUT2D eigenvalue weighted by Crippen LogP contribution is -2.23. The fourth-order valence-corrected chi connectivity index (χ4v) is 2.57. The molecule has 3 aromatic rings. The molecule has 0 aliphatic heterocycles. The van der Waals surface area contributed by atoms with Gasteiger partial charge >= 0.3 is 5.97 Å². The maximum atomic E-state index is 12.1. The largest absolute Gasteiger partial charge is 0.478 e. The number of nitrogens with zero attached hydrogens (tertiary/aromatic N) is 3. The molecule has 7 heteroatoms. The molecule has 132 valence electrons. The Labute approximate surface area is 149 Å². The number of rotatable bonds is 6. The standard InChI is InChI=1S/C19H17N3O4/c23-12-14-9-16(11-20-10-14)17-4-5-18(24)22(21-17)7-6-13-2-1-3-15(8-13)19(25)26/h1-5,8-11,23H,6-7,12H2,(H,25,26). The second kappa shape index (κ2) is 7.71. The number of aryl methyl sites for hydroxylation is 2. The molecule has 0 amide bonds. The minimum absolute atomic E-state index is 0.125. The number of aromatic nitrogens is 3. The summed E-state index contributed by atoms with van der Waals surface area (Å²) in [5.74, 6) is -0.986. The molecule has 0 aliphatic carbocycles. The van der Waals surface area contributed by atoms with Crippen molar-refractivity contribution in [1.82, 2.24) is 14.8 Å². The maximum absolute atomic E-state index is 12.1. The first kappa shape index (κ1) is 17.5. The van der Waals surface area contributed by atoms with Crippen LogP contribution in [0.2, 0.25) is 0 Å². The lowest BCUT2D eigenvalue weighted by atomic mass is 10.1. The molecule has 0 saturated heterocycles. The molecule has 0 atom stereocenters. The number of benzene rings is 1. The van der Waals surface area contributed by atoms with Crippen molar-refractivity contribution >= 4 is 5.97 Å². The Morgan fingerprint density at radius 3 is 2.69 bits per heavy atom. The quantitative estimate of drug-likeness (QED) is 0.701. The number of hydrogen-bond donors (Lipinski definition) is 2. The van der Waals surface area contributed by atoms with Gasteiger partial charge in [0.1, 0.15) is 0 Å². The Hall–Kier alpha value is -3.32. The minimum atomic E-state index is -0.986. The summed E-state index contributed by atoms with van der Waals surface area (Å²) < 4.78 is 1.34. The van der Waals surface area contributed by atoms with Crippen molar-refractivity contribution in [3.63, 3.8) is 0 Å². The van der Waals surface area contributed by atoms with Crippen LogP contribution in [-0.2, 0) is 19.6 Å². The topological polar surface area (TPSA) is 105 Å². The zero-order chi connectivity index (χ0) is 18.5. The van der Waals surface area contributed by atoms with E-state index >= 15 is 0 Å². The predicted molar refractivity (Wildman–Crippen MR) is 94.8 cm³/mol. The molecular weight excluding hydrogens is 334 g/mol. The highest BCUT2D eigenvalue weighted by atomic mass is 16.4. The van der Waals surface area contributed by atoms with Gasteiger partial charge in [-0.25, -0.2) is 9.48 Å². The van der Waals surface area contributed by atoms with E-state index in [9.17, 15) is 14.7 Å². The summed E-state index contributed by atoms with van der Waals surface area (Å²) in [5.41, 5.74) is 2.73. The van der Waals surface area contributed by atoms with Gasteiger partial charge in [0.25, 0.3) is 5.56 Å². The Kier molecular flexibility index (Phi) is 5.19. The van der Waals surface area contributed by atoms with Crippen LogP contribution in [0.15, 0.2) is 59.7 Å². The van der Waals surface area contributed by atoms with Crippen LogP contribution in [-0.4, -0.2) is 30.9 Å². The third kappa shape index (κ3) is 4.01. The van der Waals surface area contributed by atoms with E-state index in [2.05, 4.69) is 10.1 Å². The SMILES string of the molecule is O=C(O)c1cccc(CCn2nc(-c3cncc(CO)c3)ccc2=O)c1. The summed E-state index contributed by atoms with van der Waals surface area (Å²) in [6.07, 6.45) is 3.66. The molecule has 0 bridgehead atoms. The Morgan fingerprint density at radius 1 is 1.08 bits per heavy atom. The van der Waals surface area contributed by atoms with Gasteiger partial charge in [0.2, 0.25) is 0 Å². The number of aliphatic hydroxyl groups is 1. The van der Waals surface area contributed by atoms with Crippen LogP contribution in [0.1, 0.15) is 21.5 Å². The van der Waals surface area contributed by atoms with Gasteiger partial charge in [0.15, 0.2) is 0 Å². The Morgan fingerprint density at radius 2 is 1.92 bits per heavy atom. The van der Waals surface area contributed by atoms with E-state index < -0.39 is 5.97 Å². The fraction of sp³-hybridized carbons (Fsp3) is 0.158. The van der Waals surface area contributed by atoms with E-state index in [0.29, 0.717) is 29.8 Å². The van der Waals surface area contributed by atoms with Crippen LogP contribution in [0.5, 0.6) is 0 Å². The first-order valence-electron chi connectivity index (χ1n) is 8.02. The van der Waals surface area contributed by atoms with Crippen LogP contribution < -0.4 is 5.56 Å². The number of carboxylic acid groups (broad SMARTS) is 1. The lowest BCUT2D eigenvalue weighted by molar-refractivity contribution is 0.0696. The zero-order valence-electron chi connectivity index (χ0n) is 13.9. The highest BCUT2D eigenvalue weighted by Gasteiger charge is 2.07. The van der Waals surface area contributed by atoms with Crippen molar-refractivity contribution in [1.29, 1.82) is 0 Å². The molecule has 2 aromatic heterocycles. The highest BCUT2D eigenvalue weighted by Crippen LogP contribution is 2.16. The molecule has 0 saturated carbocycles. The first-order valence-corrected chi connectivity index (χ1v) is 8.02. The molecule has 7 nitrogen and oxygen atoms in total. The van der Waals surface area contributed by atoms with E-state index in [1.807, 2.05) is 6.07 Å². The zero-order valence-corrected chi connectivity index (χ0v) is 13.9. The van der Waals surface area contributed by atoms with Crippen LogP contribution >= 0.6 is 0 Å². The smallest absolute Gasteiger partial charge is 0.335 e. The summed E-state index contributed by atoms with van der Waals surface area (Å²) >= 11 is 0. The normalized spacial score (nSPS) is 10.7. The van der Waals surface area contributed by atoms with Crippen LogP contribution in [0, 0.1) is 0 Å². The summed E-state index contributed by atoms with van der Waals surface area (Å²) in [6, 6.07) is 11.4. The molecule has 26 heavy (non-hydrogen) atoms. The molecule has 0 aliphatic rings. The van der Waals surface area contributed by atoms with E-state index in [4.69, 9.17) is 5.11 Å². The van der Waals surface area contributed by atoms with Gasteiger partial charge in [-0.2, -0.15) is 5.10 Å². The third-order valence-electron chi connectivity index (χ3n) is 3.93. The average molecular weight is 351 g/mol. The number of carbonyl (C=O) groups is 1. The second-order valence-corrected chi connectivity index (χ2v) is 5.78. The number of pyridine rings is 1. The number of carboxylic acids is 1. The van der Waals surface area contributed by atoms with Crippen molar-refractivity contribution < 1.29 is 15.0 Å². The van der Waals surface area contributed by atoms with Gasteiger partial charge in [0.05, 0.1) is 17.9 Å². The van der Waals surface area contributed by atoms with Gasteiger partial charge in [-0.3, -0.25) is 9.78 Å². The van der Waals surface area contributed by atoms with E-state index in [-0.39, 0.29) is 17.7 Å². The molecule has 2 heterocycles. The highest BCUT2D eigenvalue weighted by molar-refractivity contribution is 5.87. The predicted octanol–water partition coefficient (Wildman–Crippen LogP) is 1.74. The molecule has 0 unspecified atom stereocenters.